The third kappa shape index (κ3) is 2.49. The molecule has 2 amide bonds. The quantitative estimate of drug-likeness (QED) is 0.845. The zero-order valence-corrected chi connectivity index (χ0v) is 13.0. The second-order valence-corrected chi connectivity index (χ2v) is 5.97. The first-order valence-electron chi connectivity index (χ1n) is 7.81. The fraction of sp³-hybridized carbons (Fsp3) is 0.467. The normalized spacial score (nSPS) is 21.5. The molecular weight excluding hydrogens is 294 g/mol. The first-order chi connectivity index (χ1) is 11.2. The van der Waals surface area contributed by atoms with Gasteiger partial charge in [-0.25, -0.2) is 14.8 Å². The predicted molar refractivity (Wildman–Crippen MR) is 85.5 cm³/mol. The predicted octanol–water partition coefficient (Wildman–Crippen LogP) is 0.996. The van der Waals surface area contributed by atoms with Gasteiger partial charge in [0.15, 0.2) is 0 Å². The topological polar surface area (TPSA) is 70.4 Å². The van der Waals surface area contributed by atoms with Crippen molar-refractivity contribution in [3.63, 3.8) is 0 Å². The number of hydrogen-bond acceptors (Lipinski definition) is 5. The highest BCUT2D eigenvalue weighted by Gasteiger charge is 2.30. The van der Waals surface area contributed by atoms with Gasteiger partial charge in [0.2, 0.25) is 5.95 Å². The van der Waals surface area contributed by atoms with Gasteiger partial charge in [0.25, 0.3) is 0 Å². The van der Waals surface area contributed by atoms with Crippen LogP contribution in [0.2, 0.25) is 0 Å². The molecule has 120 valence electrons. The average molecular weight is 313 g/mol. The van der Waals surface area contributed by atoms with Crippen LogP contribution in [0.15, 0.2) is 30.9 Å². The van der Waals surface area contributed by atoms with E-state index in [1.807, 2.05) is 24.0 Å². The van der Waals surface area contributed by atoms with Crippen LogP contribution in [-0.4, -0.2) is 63.9 Å². The fourth-order valence-electron chi connectivity index (χ4n) is 3.15. The van der Waals surface area contributed by atoms with Gasteiger partial charge in [-0.3, -0.25) is 9.58 Å². The molecule has 8 heteroatoms. The molecule has 0 spiro atoms. The molecule has 1 unspecified atom stereocenters. The second kappa shape index (κ2) is 5.53. The van der Waals surface area contributed by atoms with Gasteiger partial charge in [-0.1, -0.05) is 0 Å². The van der Waals surface area contributed by atoms with E-state index < -0.39 is 0 Å². The van der Waals surface area contributed by atoms with Crippen LogP contribution in [-0.2, 0) is 0 Å². The summed E-state index contributed by atoms with van der Waals surface area (Å²) in [6.45, 7) is 3.22. The minimum atomic E-state index is 0.0373. The molecule has 2 aliphatic rings. The van der Waals surface area contributed by atoms with Crippen LogP contribution >= 0.6 is 0 Å². The zero-order chi connectivity index (χ0) is 15.8. The third-order valence-electron chi connectivity index (χ3n) is 4.49. The molecule has 8 nitrogen and oxygen atoms in total. The van der Waals surface area contributed by atoms with Crippen molar-refractivity contribution in [3.8, 4) is 0 Å². The molecule has 23 heavy (non-hydrogen) atoms. The minimum Gasteiger partial charge on any atom is -0.339 e. The van der Waals surface area contributed by atoms with Gasteiger partial charge in [-0.05, 0) is 12.5 Å². The number of likely N-dealkylation sites (N-methyl/N-ethyl adjacent to an activating group) is 1. The van der Waals surface area contributed by atoms with Crippen molar-refractivity contribution in [3.05, 3.63) is 30.9 Å². The van der Waals surface area contributed by atoms with Crippen LogP contribution in [0.4, 0.5) is 16.4 Å². The lowest BCUT2D eigenvalue weighted by Gasteiger charge is -2.16. The van der Waals surface area contributed by atoms with Crippen LogP contribution in [0.25, 0.3) is 0 Å². The second-order valence-electron chi connectivity index (χ2n) is 5.97. The van der Waals surface area contributed by atoms with Crippen molar-refractivity contribution in [2.45, 2.75) is 12.5 Å². The first-order valence-corrected chi connectivity index (χ1v) is 7.81. The largest absolute Gasteiger partial charge is 0.339 e. The first kappa shape index (κ1) is 14.0. The Labute approximate surface area is 134 Å². The highest BCUT2D eigenvalue weighted by Crippen LogP contribution is 2.26. The van der Waals surface area contributed by atoms with Gasteiger partial charge in [0.1, 0.15) is 0 Å². The Balaban J connectivity index is 1.47. The molecule has 2 aliphatic heterocycles. The summed E-state index contributed by atoms with van der Waals surface area (Å²) in [6.07, 6.45) is 8.26. The Kier molecular flexibility index (Phi) is 3.36. The number of carbonyl (C=O) groups excluding carboxylic acids is 1. The average Bonchev–Trinajstić information content (AvgIpc) is 3.29. The minimum absolute atomic E-state index is 0.0373. The van der Waals surface area contributed by atoms with Crippen molar-refractivity contribution in [1.82, 2.24) is 24.6 Å². The molecule has 0 aliphatic carbocycles. The Bertz CT molecular complexity index is 701. The van der Waals surface area contributed by atoms with Crippen LogP contribution in [0.3, 0.4) is 0 Å². The lowest BCUT2D eigenvalue weighted by atomic mass is 10.3. The van der Waals surface area contributed by atoms with Gasteiger partial charge in [0.05, 0.1) is 17.9 Å². The molecule has 0 saturated carbocycles. The van der Waals surface area contributed by atoms with E-state index in [-0.39, 0.29) is 12.1 Å². The van der Waals surface area contributed by atoms with Crippen LogP contribution in [0.1, 0.15) is 12.5 Å². The van der Waals surface area contributed by atoms with Gasteiger partial charge >= 0.3 is 6.03 Å². The number of anilines is 2. The molecule has 2 aromatic rings. The summed E-state index contributed by atoms with van der Waals surface area (Å²) in [5.41, 5.74) is 0.869. The number of rotatable bonds is 3. The van der Waals surface area contributed by atoms with E-state index in [0.29, 0.717) is 0 Å². The zero-order valence-electron chi connectivity index (χ0n) is 13.0. The van der Waals surface area contributed by atoms with Gasteiger partial charge in [-0.15, -0.1) is 0 Å². The number of nitrogens with zero attached hydrogens (tertiary/aromatic N) is 7. The van der Waals surface area contributed by atoms with Crippen molar-refractivity contribution in [1.29, 1.82) is 0 Å². The number of amides is 2. The van der Waals surface area contributed by atoms with Crippen LogP contribution < -0.4 is 9.80 Å². The molecule has 2 saturated heterocycles. The number of carbonyl (C=O) groups is 1. The van der Waals surface area contributed by atoms with Gasteiger partial charge in [0, 0.05) is 51.8 Å². The molecule has 2 aromatic heterocycles. The molecule has 4 heterocycles. The summed E-state index contributed by atoms with van der Waals surface area (Å²) in [4.78, 5) is 26.3. The Morgan fingerprint density at radius 3 is 2.74 bits per heavy atom. The number of urea groups is 1. The molecule has 0 aromatic carbocycles. The molecule has 1 atom stereocenters. The molecular formula is C15H19N7O. The SMILES string of the molecule is CN1CCN(c2cnn(C3CCN(c4ncccn4)C3)c2)C1=O. The van der Waals surface area contributed by atoms with E-state index in [2.05, 4.69) is 20.0 Å². The summed E-state index contributed by atoms with van der Waals surface area (Å²) in [6, 6.07) is 2.14. The third-order valence-corrected chi connectivity index (χ3v) is 4.49. The van der Waals surface area contributed by atoms with E-state index >= 15 is 0 Å². The summed E-state index contributed by atoms with van der Waals surface area (Å²) in [5.74, 6) is 0.763. The fourth-order valence-corrected chi connectivity index (χ4v) is 3.15. The number of aromatic nitrogens is 4. The maximum atomic E-state index is 12.1. The van der Waals surface area contributed by atoms with Gasteiger partial charge < -0.3 is 9.80 Å². The summed E-state index contributed by atoms with van der Waals surface area (Å²) in [7, 11) is 1.82. The van der Waals surface area contributed by atoms with Crippen molar-refractivity contribution in [2.75, 3.05) is 43.0 Å². The van der Waals surface area contributed by atoms with Crippen molar-refractivity contribution < 1.29 is 4.79 Å². The van der Waals surface area contributed by atoms with Crippen LogP contribution in [0, 0.1) is 0 Å². The van der Waals surface area contributed by atoms with Crippen molar-refractivity contribution in [2.24, 2.45) is 0 Å². The summed E-state index contributed by atoms with van der Waals surface area (Å²) < 4.78 is 1.96. The lowest BCUT2D eigenvalue weighted by Crippen LogP contribution is -2.28. The van der Waals surface area contributed by atoms with Crippen molar-refractivity contribution >= 4 is 17.7 Å². The van der Waals surface area contributed by atoms with E-state index in [1.54, 1.807) is 28.4 Å². The van der Waals surface area contributed by atoms with Gasteiger partial charge in [-0.2, -0.15) is 5.10 Å². The monoisotopic (exact) mass is 313 g/mol. The Hall–Kier alpha value is -2.64. The summed E-state index contributed by atoms with van der Waals surface area (Å²) in [5, 5.41) is 4.47. The highest BCUT2D eigenvalue weighted by atomic mass is 16.2. The smallest absolute Gasteiger partial charge is 0.324 e. The standard InChI is InChI=1S/C15H19N7O/c1-19-7-8-21(15(19)23)13-9-18-22(11-13)12-3-6-20(10-12)14-16-4-2-5-17-14/h2,4-5,9,11-12H,3,6-8,10H2,1H3. The maximum Gasteiger partial charge on any atom is 0.324 e. The van der Waals surface area contributed by atoms with E-state index in [1.165, 1.54) is 0 Å². The molecule has 2 fully saturated rings. The summed E-state index contributed by atoms with van der Waals surface area (Å²) >= 11 is 0. The Morgan fingerprint density at radius 1 is 1.17 bits per heavy atom. The molecule has 0 N–H and O–H groups in total. The molecule has 4 rings (SSSR count). The van der Waals surface area contributed by atoms with E-state index in [0.717, 1.165) is 44.2 Å². The lowest BCUT2D eigenvalue weighted by molar-refractivity contribution is 0.229. The molecule has 0 bridgehead atoms. The highest BCUT2D eigenvalue weighted by molar-refractivity contribution is 5.93. The Morgan fingerprint density at radius 2 is 2.00 bits per heavy atom. The molecule has 0 radical (unpaired) electrons. The number of hydrogen-bond donors (Lipinski definition) is 0. The maximum absolute atomic E-state index is 12.1. The van der Waals surface area contributed by atoms with Crippen LogP contribution in [0.5, 0.6) is 0 Å². The van der Waals surface area contributed by atoms with E-state index in [4.69, 9.17) is 0 Å². The van der Waals surface area contributed by atoms with E-state index in [9.17, 15) is 4.79 Å².